The molecule has 1 fully saturated rings. The zero-order valence-electron chi connectivity index (χ0n) is 19.2. The molecule has 5 rings (SSSR count). The minimum atomic E-state index is -0.194. The molecule has 1 N–H and O–H groups in total. The largest absolute Gasteiger partial charge is 0.497 e. The van der Waals surface area contributed by atoms with Gasteiger partial charge in [-0.2, -0.15) is 0 Å². The van der Waals surface area contributed by atoms with Gasteiger partial charge in [0.25, 0.3) is 0 Å². The minimum absolute atomic E-state index is 0.194. The maximum absolute atomic E-state index is 14.7. The summed E-state index contributed by atoms with van der Waals surface area (Å²) in [7, 11) is 1.68. The predicted octanol–water partition coefficient (Wildman–Crippen LogP) is 6.79. The first-order valence-corrected chi connectivity index (χ1v) is 11.9. The summed E-state index contributed by atoms with van der Waals surface area (Å²) >= 11 is 0. The van der Waals surface area contributed by atoms with Crippen LogP contribution < -0.4 is 4.74 Å². The summed E-state index contributed by atoms with van der Waals surface area (Å²) < 4.78 is 20.1. The molecular formula is C29H31FN2O. The molecular weight excluding hydrogens is 411 g/mol. The van der Waals surface area contributed by atoms with Crippen molar-refractivity contribution in [3.8, 4) is 17.0 Å². The minimum Gasteiger partial charge on any atom is -0.497 e. The number of fused-ring (bicyclic) bond motifs is 1. The van der Waals surface area contributed by atoms with Gasteiger partial charge in [-0.3, -0.25) is 0 Å². The van der Waals surface area contributed by atoms with E-state index in [2.05, 4.69) is 46.3 Å². The van der Waals surface area contributed by atoms with Crippen LogP contribution in [0.1, 0.15) is 36.3 Å². The first-order chi connectivity index (χ1) is 16.2. The van der Waals surface area contributed by atoms with Crippen molar-refractivity contribution in [1.29, 1.82) is 0 Å². The zero-order valence-corrected chi connectivity index (χ0v) is 19.2. The monoisotopic (exact) mass is 442 g/mol. The standard InChI is InChI=1S/C29H31FN2O/c1-33-23-13-14-28-26(20-23)24(29(31-28)25-10-5-6-12-27(25)30)11-7-17-32-18-15-22(16-19-32)21-8-3-2-4-9-21/h2-6,8-10,12-14,20,22,31H,7,11,15-19H2,1H3. The molecule has 0 saturated carbocycles. The van der Waals surface area contributed by atoms with Gasteiger partial charge in [0, 0.05) is 16.5 Å². The van der Waals surface area contributed by atoms with Gasteiger partial charge in [-0.05, 0) is 92.7 Å². The molecule has 0 radical (unpaired) electrons. The molecule has 0 amide bonds. The first kappa shape index (κ1) is 21.7. The number of nitrogens with zero attached hydrogens (tertiary/aromatic N) is 1. The Morgan fingerprint density at radius 3 is 2.48 bits per heavy atom. The molecule has 1 aromatic heterocycles. The average molecular weight is 443 g/mol. The van der Waals surface area contributed by atoms with Crippen molar-refractivity contribution in [2.45, 2.75) is 31.6 Å². The van der Waals surface area contributed by atoms with Gasteiger partial charge in [0.15, 0.2) is 0 Å². The van der Waals surface area contributed by atoms with Crippen LogP contribution in [0.5, 0.6) is 5.75 Å². The normalized spacial score (nSPS) is 15.2. The molecule has 0 atom stereocenters. The topological polar surface area (TPSA) is 28.3 Å². The Hall–Kier alpha value is -3.11. The van der Waals surface area contributed by atoms with E-state index in [1.54, 1.807) is 13.2 Å². The second-order valence-electron chi connectivity index (χ2n) is 9.00. The third-order valence-electron chi connectivity index (χ3n) is 7.02. The number of piperidine rings is 1. The van der Waals surface area contributed by atoms with E-state index in [4.69, 9.17) is 4.74 Å². The van der Waals surface area contributed by atoms with Crippen molar-refractivity contribution in [3.63, 3.8) is 0 Å². The third-order valence-corrected chi connectivity index (χ3v) is 7.02. The Kier molecular flexibility index (Phi) is 6.45. The zero-order chi connectivity index (χ0) is 22.6. The van der Waals surface area contributed by atoms with Gasteiger partial charge in [-0.1, -0.05) is 42.5 Å². The Balaban J connectivity index is 1.30. The number of aromatic nitrogens is 1. The fourth-order valence-corrected chi connectivity index (χ4v) is 5.20. The lowest BCUT2D eigenvalue weighted by Gasteiger charge is -2.32. The van der Waals surface area contributed by atoms with Crippen LogP contribution in [0, 0.1) is 5.82 Å². The highest BCUT2D eigenvalue weighted by atomic mass is 19.1. The van der Waals surface area contributed by atoms with Gasteiger partial charge in [-0.25, -0.2) is 4.39 Å². The van der Waals surface area contributed by atoms with Crippen molar-refractivity contribution in [2.75, 3.05) is 26.7 Å². The summed E-state index contributed by atoms with van der Waals surface area (Å²) in [6.07, 6.45) is 4.38. The van der Waals surface area contributed by atoms with Crippen molar-refractivity contribution in [2.24, 2.45) is 0 Å². The number of benzene rings is 3. The van der Waals surface area contributed by atoms with E-state index in [-0.39, 0.29) is 5.82 Å². The number of ether oxygens (including phenoxy) is 1. The number of H-pyrrole nitrogens is 1. The summed E-state index contributed by atoms with van der Waals surface area (Å²) in [5.74, 6) is 1.31. The smallest absolute Gasteiger partial charge is 0.132 e. The van der Waals surface area contributed by atoms with Gasteiger partial charge in [0.2, 0.25) is 0 Å². The SMILES string of the molecule is COc1ccc2[nH]c(-c3ccccc3F)c(CCCN3CCC(c4ccccc4)CC3)c2c1. The van der Waals surface area contributed by atoms with Gasteiger partial charge >= 0.3 is 0 Å². The number of rotatable bonds is 7. The molecule has 0 aliphatic carbocycles. The molecule has 33 heavy (non-hydrogen) atoms. The summed E-state index contributed by atoms with van der Waals surface area (Å²) in [5.41, 5.74) is 5.19. The van der Waals surface area contributed by atoms with Crippen LogP contribution in [-0.2, 0) is 6.42 Å². The molecule has 3 nitrogen and oxygen atoms in total. The Morgan fingerprint density at radius 2 is 1.73 bits per heavy atom. The maximum atomic E-state index is 14.7. The number of aromatic amines is 1. The highest BCUT2D eigenvalue weighted by Crippen LogP contribution is 2.35. The van der Waals surface area contributed by atoms with Crippen LogP contribution in [0.4, 0.5) is 4.39 Å². The number of aryl methyl sites for hydroxylation is 1. The van der Waals surface area contributed by atoms with E-state index < -0.39 is 0 Å². The van der Waals surface area contributed by atoms with E-state index in [1.807, 2.05) is 24.3 Å². The van der Waals surface area contributed by atoms with Crippen molar-refractivity contribution >= 4 is 10.9 Å². The van der Waals surface area contributed by atoms with E-state index in [9.17, 15) is 4.39 Å². The van der Waals surface area contributed by atoms with E-state index in [1.165, 1.54) is 30.0 Å². The fourth-order valence-electron chi connectivity index (χ4n) is 5.20. The number of likely N-dealkylation sites (tertiary alicyclic amines) is 1. The van der Waals surface area contributed by atoms with Crippen LogP contribution >= 0.6 is 0 Å². The molecule has 0 unspecified atom stereocenters. The third kappa shape index (κ3) is 4.67. The van der Waals surface area contributed by atoms with E-state index >= 15 is 0 Å². The summed E-state index contributed by atoms with van der Waals surface area (Å²) in [6.45, 7) is 3.34. The first-order valence-electron chi connectivity index (χ1n) is 11.9. The number of hydrogen-bond donors (Lipinski definition) is 1. The van der Waals surface area contributed by atoms with E-state index in [0.717, 1.165) is 54.8 Å². The molecule has 1 aliphatic rings. The van der Waals surface area contributed by atoms with Gasteiger partial charge in [0.05, 0.1) is 12.8 Å². The fraction of sp³-hybridized carbons (Fsp3) is 0.310. The summed E-state index contributed by atoms with van der Waals surface area (Å²) in [6, 6.07) is 24.0. The number of halogens is 1. The van der Waals surface area contributed by atoms with Gasteiger partial charge in [0.1, 0.15) is 11.6 Å². The lowest BCUT2D eigenvalue weighted by molar-refractivity contribution is 0.210. The molecule has 0 spiro atoms. The summed E-state index contributed by atoms with van der Waals surface area (Å²) in [5, 5.41) is 1.12. The van der Waals surface area contributed by atoms with Crippen LogP contribution in [0.2, 0.25) is 0 Å². The van der Waals surface area contributed by atoms with Crippen molar-refractivity contribution < 1.29 is 9.13 Å². The molecule has 4 aromatic rings. The average Bonchev–Trinajstić information content (AvgIpc) is 3.22. The molecule has 4 heteroatoms. The van der Waals surface area contributed by atoms with Crippen molar-refractivity contribution in [1.82, 2.24) is 9.88 Å². The molecule has 1 aliphatic heterocycles. The highest BCUT2D eigenvalue weighted by molar-refractivity contribution is 5.91. The highest BCUT2D eigenvalue weighted by Gasteiger charge is 2.21. The van der Waals surface area contributed by atoms with Crippen LogP contribution in [0.3, 0.4) is 0 Å². The van der Waals surface area contributed by atoms with E-state index in [0.29, 0.717) is 11.5 Å². The van der Waals surface area contributed by atoms with Crippen LogP contribution in [0.15, 0.2) is 72.8 Å². The van der Waals surface area contributed by atoms with Crippen LogP contribution in [0.25, 0.3) is 22.2 Å². The molecule has 170 valence electrons. The molecule has 3 aromatic carbocycles. The van der Waals surface area contributed by atoms with Crippen molar-refractivity contribution in [3.05, 3.63) is 89.7 Å². The Morgan fingerprint density at radius 1 is 0.970 bits per heavy atom. The lowest BCUT2D eigenvalue weighted by atomic mass is 9.89. The molecule has 0 bridgehead atoms. The van der Waals surface area contributed by atoms with Gasteiger partial charge < -0.3 is 14.6 Å². The van der Waals surface area contributed by atoms with Crippen LogP contribution in [-0.4, -0.2) is 36.6 Å². The second kappa shape index (κ2) is 9.80. The maximum Gasteiger partial charge on any atom is 0.132 e. The number of methoxy groups -OCH3 is 1. The molecule has 1 saturated heterocycles. The second-order valence-corrected chi connectivity index (χ2v) is 9.00. The summed E-state index contributed by atoms with van der Waals surface area (Å²) in [4.78, 5) is 6.06. The quantitative estimate of drug-likeness (QED) is 0.341. The predicted molar refractivity (Wildman–Crippen MR) is 133 cm³/mol. The Labute approximate surface area is 195 Å². The Bertz CT molecular complexity index is 1210. The number of hydrogen-bond acceptors (Lipinski definition) is 2. The van der Waals surface area contributed by atoms with Gasteiger partial charge in [-0.15, -0.1) is 0 Å². The number of nitrogens with one attached hydrogen (secondary N) is 1. The lowest BCUT2D eigenvalue weighted by Crippen LogP contribution is -2.33. The molecule has 2 heterocycles.